The first kappa shape index (κ1) is 17.5. The molecule has 0 N–H and O–H groups in total. The Bertz CT molecular complexity index is 841. The van der Waals surface area contributed by atoms with Gasteiger partial charge >= 0.3 is 5.97 Å². The van der Waals surface area contributed by atoms with E-state index in [1.165, 1.54) is 6.07 Å². The Morgan fingerprint density at radius 1 is 1.12 bits per heavy atom. The maximum atomic E-state index is 13.4. The van der Waals surface area contributed by atoms with E-state index in [9.17, 15) is 28.5 Å². The average molecular weight is 356 g/mol. The monoisotopic (exact) mass is 355 g/mol. The summed E-state index contributed by atoms with van der Waals surface area (Å²) in [6.07, 6.45) is 0. The number of nitro groups is 1. The van der Waals surface area contributed by atoms with Crippen LogP contribution in [0.1, 0.15) is 20.7 Å². The Balaban J connectivity index is 2.15. The first-order chi connectivity index (χ1) is 11.3. The van der Waals surface area contributed by atoms with E-state index in [2.05, 4.69) is 4.74 Å². The maximum Gasteiger partial charge on any atom is 0.345 e. The predicted molar refractivity (Wildman–Crippen MR) is 79.1 cm³/mol. The molecule has 0 saturated heterocycles. The van der Waals surface area contributed by atoms with E-state index < -0.39 is 51.7 Å². The Morgan fingerprint density at radius 3 is 2.50 bits per heavy atom. The quantitative estimate of drug-likeness (QED) is 0.354. The number of benzene rings is 2. The largest absolute Gasteiger partial charge is 0.454 e. The number of ether oxygens (including phenoxy) is 1. The van der Waals surface area contributed by atoms with Gasteiger partial charge in [-0.15, -0.1) is 0 Å². The van der Waals surface area contributed by atoms with Gasteiger partial charge in [0.2, 0.25) is 5.78 Å². The Morgan fingerprint density at radius 2 is 1.83 bits per heavy atom. The number of halogens is 3. The molecule has 0 atom stereocenters. The highest BCUT2D eigenvalue weighted by Gasteiger charge is 2.23. The third-order valence-electron chi connectivity index (χ3n) is 2.94. The van der Waals surface area contributed by atoms with Crippen LogP contribution in [0.25, 0.3) is 0 Å². The fraction of sp³-hybridized carbons (Fsp3) is 0.0667. The molecule has 6 nitrogen and oxygen atoms in total. The van der Waals surface area contributed by atoms with Crippen molar-refractivity contribution in [3.63, 3.8) is 0 Å². The number of hydrogen-bond donors (Lipinski definition) is 0. The number of carbonyl (C=O) groups is 2. The molecule has 2 aromatic rings. The van der Waals surface area contributed by atoms with Crippen molar-refractivity contribution in [2.24, 2.45) is 0 Å². The summed E-state index contributed by atoms with van der Waals surface area (Å²) in [6.45, 7) is -0.904. The summed E-state index contributed by atoms with van der Waals surface area (Å²) in [5.74, 6) is -3.96. The van der Waals surface area contributed by atoms with Crippen molar-refractivity contribution in [2.45, 2.75) is 0 Å². The molecule has 0 saturated carbocycles. The lowest BCUT2D eigenvalue weighted by Gasteiger charge is -2.06. The molecule has 2 aromatic carbocycles. The van der Waals surface area contributed by atoms with Crippen LogP contribution in [0, 0.1) is 21.7 Å². The van der Waals surface area contributed by atoms with Gasteiger partial charge in [0.05, 0.1) is 10.5 Å². The molecule has 0 aliphatic carbocycles. The normalized spacial score (nSPS) is 10.3. The molecule has 0 radical (unpaired) electrons. The molecule has 24 heavy (non-hydrogen) atoms. The van der Waals surface area contributed by atoms with Gasteiger partial charge in [0.1, 0.15) is 17.2 Å². The van der Waals surface area contributed by atoms with Gasteiger partial charge in [-0.3, -0.25) is 14.9 Å². The third kappa shape index (κ3) is 3.90. The van der Waals surface area contributed by atoms with Crippen molar-refractivity contribution in [1.29, 1.82) is 0 Å². The average Bonchev–Trinajstić information content (AvgIpc) is 2.54. The summed E-state index contributed by atoms with van der Waals surface area (Å²) in [7, 11) is 0. The molecule has 0 aliphatic heterocycles. The lowest BCUT2D eigenvalue weighted by molar-refractivity contribution is -0.385. The van der Waals surface area contributed by atoms with Gasteiger partial charge in [-0.25, -0.2) is 13.6 Å². The minimum Gasteiger partial charge on any atom is -0.454 e. The van der Waals surface area contributed by atoms with E-state index in [-0.39, 0.29) is 5.02 Å². The molecule has 0 amide bonds. The zero-order chi connectivity index (χ0) is 17.9. The fourth-order valence-electron chi connectivity index (χ4n) is 1.83. The van der Waals surface area contributed by atoms with Crippen molar-refractivity contribution in [1.82, 2.24) is 0 Å². The van der Waals surface area contributed by atoms with Crippen LogP contribution in [0.3, 0.4) is 0 Å². The number of nitro benzene ring substituents is 1. The second-order valence-corrected chi connectivity index (χ2v) is 4.98. The van der Waals surface area contributed by atoms with Crippen LogP contribution in [0.5, 0.6) is 0 Å². The van der Waals surface area contributed by atoms with E-state index >= 15 is 0 Å². The molecule has 0 aliphatic rings. The molecule has 124 valence electrons. The van der Waals surface area contributed by atoms with Gasteiger partial charge in [-0.2, -0.15) is 0 Å². The molecule has 0 aromatic heterocycles. The maximum absolute atomic E-state index is 13.4. The second kappa shape index (κ2) is 7.14. The van der Waals surface area contributed by atoms with E-state index in [1.807, 2.05) is 0 Å². The summed E-state index contributed by atoms with van der Waals surface area (Å²) in [4.78, 5) is 33.7. The Labute approximate surface area is 138 Å². The standard InChI is InChI=1S/C15H8ClF2NO5/c16-8-1-3-10(13(5-8)19(22)23)15(21)24-7-14(20)11-6-9(17)2-4-12(11)18/h1-6H,7H2. The molecular formula is C15H8ClF2NO5. The zero-order valence-electron chi connectivity index (χ0n) is 11.8. The lowest BCUT2D eigenvalue weighted by atomic mass is 10.1. The topological polar surface area (TPSA) is 86.5 Å². The summed E-state index contributed by atoms with van der Waals surface area (Å²) in [5, 5.41) is 10.9. The van der Waals surface area contributed by atoms with Crippen molar-refractivity contribution < 1.29 is 28.0 Å². The molecule has 0 fully saturated rings. The van der Waals surface area contributed by atoms with Gasteiger partial charge in [0.15, 0.2) is 6.61 Å². The van der Waals surface area contributed by atoms with Gasteiger partial charge in [-0.05, 0) is 30.3 Å². The van der Waals surface area contributed by atoms with E-state index in [0.29, 0.717) is 6.07 Å². The zero-order valence-corrected chi connectivity index (χ0v) is 12.5. The minimum atomic E-state index is -1.16. The van der Waals surface area contributed by atoms with Crippen molar-refractivity contribution in [3.05, 3.63) is 74.3 Å². The Kier molecular flexibility index (Phi) is 5.20. The van der Waals surface area contributed by atoms with E-state index in [4.69, 9.17) is 11.6 Å². The number of hydrogen-bond acceptors (Lipinski definition) is 5. The van der Waals surface area contributed by atoms with Gasteiger partial charge in [0, 0.05) is 11.1 Å². The van der Waals surface area contributed by atoms with Gasteiger partial charge < -0.3 is 4.74 Å². The highest BCUT2D eigenvalue weighted by molar-refractivity contribution is 6.31. The van der Waals surface area contributed by atoms with Crippen LogP contribution < -0.4 is 0 Å². The van der Waals surface area contributed by atoms with Crippen LogP contribution in [-0.2, 0) is 4.74 Å². The summed E-state index contributed by atoms with van der Waals surface area (Å²) >= 11 is 5.62. The van der Waals surface area contributed by atoms with E-state index in [0.717, 1.165) is 24.3 Å². The smallest absolute Gasteiger partial charge is 0.345 e. The predicted octanol–water partition coefficient (Wildman–Crippen LogP) is 3.57. The summed E-state index contributed by atoms with van der Waals surface area (Å²) in [6, 6.07) is 5.50. The van der Waals surface area contributed by atoms with Gasteiger partial charge in [-0.1, -0.05) is 11.6 Å². The first-order valence-electron chi connectivity index (χ1n) is 6.39. The van der Waals surface area contributed by atoms with Crippen LogP contribution in [0.2, 0.25) is 5.02 Å². The summed E-state index contributed by atoms with van der Waals surface area (Å²) in [5.41, 5.74) is -1.61. The van der Waals surface area contributed by atoms with Crippen molar-refractivity contribution in [3.8, 4) is 0 Å². The number of nitrogens with zero attached hydrogens (tertiary/aromatic N) is 1. The molecular weight excluding hydrogens is 348 g/mol. The number of rotatable bonds is 5. The first-order valence-corrected chi connectivity index (χ1v) is 6.76. The highest BCUT2D eigenvalue weighted by atomic mass is 35.5. The molecule has 0 bridgehead atoms. The molecule has 0 unspecified atom stereocenters. The molecule has 0 spiro atoms. The van der Waals surface area contributed by atoms with Gasteiger partial charge in [0.25, 0.3) is 5.69 Å². The number of esters is 1. The SMILES string of the molecule is O=C(COC(=O)c1ccc(Cl)cc1[N+](=O)[O-])c1cc(F)ccc1F. The minimum absolute atomic E-state index is 0.0381. The lowest BCUT2D eigenvalue weighted by Crippen LogP contribution is -2.16. The van der Waals surface area contributed by atoms with Crippen molar-refractivity contribution in [2.75, 3.05) is 6.61 Å². The van der Waals surface area contributed by atoms with E-state index in [1.54, 1.807) is 0 Å². The molecule has 0 heterocycles. The van der Waals surface area contributed by atoms with Crippen molar-refractivity contribution >= 4 is 29.0 Å². The number of ketones is 1. The van der Waals surface area contributed by atoms with Crippen LogP contribution >= 0.6 is 11.6 Å². The third-order valence-corrected chi connectivity index (χ3v) is 3.17. The molecule has 2 rings (SSSR count). The Hall–Kier alpha value is -2.87. The number of Topliss-reactive ketones (excluding diaryl/α,β-unsaturated/α-hetero) is 1. The van der Waals surface area contributed by atoms with Crippen LogP contribution in [-0.4, -0.2) is 23.3 Å². The highest BCUT2D eigenvalue weighted by Crippen LogP contribution is 2.24. The fourth-order valence-corrected chi connectivity index (χ4v) is 1.99. The number of carbonyl (C=O) groups excluding carboxylic acids is 2. The summed E-state index contributed by atoms with van der Waals surface area (Å²) < 4.78 is 31.1. The second-order valence-electron chi connectivity index (χ2n) is 4.54. The van der Waals surface area contributed by atoms with Crippen LogP contribution in [0.15, 0.2) is 36.4 Å². The van der Waals surface area contributed by atoms with Crippen LogP contribution in [0.4, 0.5) is 14.5 Å². The molecule has 9 heteroatoms.